The van der Waals surface area contributed by atoms with E-state index in [1.54, 1.807) is 0 Å². The van der Waals surface area contributed by atoms with Crippen LogP contribution in [0.15, 0.2) is 18.5 Å². The molecule has 1 aromatic rings. The van der Waals surface area contributed by atoms with Crippen LogP contribution in [0.25, 0.3) is 0 Å². The van der Waals surface area contributed by atoms with E-state index in [0.29, 0.717) is 0 Å². The molecule has 0 amide bonds. The molecular weight excluding hydrogens is 186 g/mol. The quantitative estimate of drug-likeness (QED) is 0.693. The summed E-state index contributed by atoms with van der Waals surface area (Å²) in [5.41, 5.74) is 2.51. The Bertz CT molecular complexity index is 324. The summed E-state index contributed by atoms with van der Waals surface area (Å²) in [7, 11) is 2.19. The molecule has 0 bridgehead atoms. The van der Waals surface area contributed by atoms with E-state index in [2.05, 4.69) is 34.8 Å². The number of pyridine rings is 1. The van der Waals surface area contributed by atoms with Gasteiger partial charge in [-0.2, -0.15) is 0 Å². The van der Waals surface area contributed by atoms with Crippen LogP contribution in [0.5, 0.6) is 0 Å². The molecule has 0 radical (unpaired) electrons. The molecule has 0 aliphatic carbocycles. The third-order valence-electron chi connectivity index (χ3n) is 2.95. The first-order valence-corrected chi connectivity index (χ1v) is 5.61. The number of rotatable bonds is 1. The van der Waals surface area contributed by atoms with Crippen LogP contribution >= 0.6 is 0 Å². The van der Waals surface area contributed by atoms with Gasteiger partial charge >= 0.3 is 0 Å². The average molecular weight is 205 g/mol. The van der Waals surface area contributed by atoms with Crippen LogP contribution in [0.2, 0.25) is 0 Å². The molecule has 1 saturated heterocycles. The Labute approximate surface area is 91.7 Å². The number of hydrogen-bond donors (Lipinski definition) is 0. The summed E-state index contributed by atoms with van der Waals surface area (Å²) < 4.78 is 0. The van der Waals surface area contributed by atoms with Crippen molar-refractivity contribution in [2.75, 3.05) is 38.1 Å². The van der Waals surface area contributed by atoms with E-state index in [1.807, 2.05) is 12.4 Å². The fourth-order valence-corrected chi connectivity index (χ4v) is 2.02. The van der Waals surface area contributed by atoms with E-state index in [1.165, 1.54) is 24.2 Å². The minimum Gasteiger partial charge on any atom is -0.369 e. The maximum Gasteiger partial charge on any atom is 0.0555 e. The number of nitrogens with zero attached hydrogens (tertiary/aromatic N) is 3. The first-order chi connectivity index (χ1) is 7.25. The van der Waals surface area contributed by atoms with Gasteiger partial charge in [-0.25, -0.2) is 0 Å². The van der Waals surface area contributed by atoms with Crippen LogP contribution in [-0.2, 0) is 0 Å². The minimum absolute atomic E-state index is 1.11. The van der Waals surface area contributed by atoms with Gasteiger partial charge in [-0.1, -0.05) is 0 Å². The van der Waals surface area contributed by atoms with Gasteiger partial charge < -0.3 is 9.80 Å². The molecule has 0 atom stereocenters. The smallest absolute Gasteiger partial charge is 0.0555 e. The Morgan fingerprint density at radius 3 is 2.80 bits per heavy atom. The number of hydrogen-bond acceptors (Lipinski definition) is 3. The summed E-state index contributed by atoms with van der Waals surface area (Å²) in [6.45, 7) is 6.71. The van der Waals surface area contributed by atoms with Gasteiger partial charge in [0.1, 0.15) is 0 Å². The van der Waals surface area contributed by atoms with Crippen LogP contribution in [0.4, 0.5) is 5.69 Å². The van der Waals surface area contributed by atoms with Gasteiger partial charge in [0.2, 0.25) is 0 Å². The number of aryl methyl sites for hydroxylation is 1. The van der Waals surface area contributed by atoms with Crippen LogP contribution in [0, 0.1) is 6.92 Å². The van der Waals surface area contributed by atoms with Crippen LogP contribution in [0.1, 0.15) is 12.0 Å². The lowest BCUT2D eigenvalue weighted by Gasteiger charge is -2.22. The number of anilines is 1. The first-order valence-electron chi connectivity index (χ1n) is 5.61. The minimum atomic E-state index is 1.11. The molecule has 0 spiro atoms. The lowest BCUT2D eigenvalue weighted by molar-refractivity contribution is 0.360. The van der Waals surface area contributed by atoms with Gasteiger partial charge in [-0.05, 0) is 38.6 Å². The highest BCUT2D eigenvalue weighted by Gasteiger charge is 2.12. The zero-order valence-corrected chi connectivity index (χ0v) is 9.61. The first kappa shape index (κ1) is 10.4. The fraction of sp³-hybridized carbons (Fsp3) is 0.583. The number of aromatic nitrogens is 1. The second-order valence-electron chi connectivity index (χ2n) is 4.36. The molecule has 15 heavy (non-hydrogen) atoms. The van der Waals surface area contributed by atoms with Crippen molar-refractivity contribution in [1.29, 1.82) is 0 Å². The summed E-state index contributed by atoms with van der Waals surface area (Å²) in [5.74, 6) is 0. The van der Waals surface area contributed by atoms with E-state index in [-0.39, 0.29) is 0 Å². The molecular formula is C12H19N3. The summed E-state index contributed by atoms with van der Waals surface area (Å²) in [4.78, 5) is 9.08. The highest BCUT2D eigenvalue weighted by molar-refractivity contribution is 5.45. The predicted octanol–water partition coefficient (Wildman–Crippen LogP) is 1.53. The molecule has 2 rings (SSSR count). The maximum absolute atomic E-state index is 4.25. The Morgan fingerprint density at radius 1 is 1.13 bits per heavy atom. The molecule has 2 heterocycles. The molecule has 0 unspecified atom stereocenters. The summed E-state index contributed by atoms with van der Waals surface area (Å²) in [5, 5.41) is 0. The topological polar surface area (TPSA) is 19.4 Å². The molecule has 82 valence electrons. The van der Waals surface area contributed by atoms with Crippen molar-refractivity contribution in [1.82, 2.24) is 9.88 Å². The SMILES string of the molecule is Cc1cncc(N2CCCN(C)CC2)c1. The van der Waals surface area contributed by atoms with Crippen LogP contribution in [-0.4, -0.2) is 43.1 Å². The third kappa shape index (κ3) is 2.69. The molecule has 3 nitrogen and oxygen atoms in total. The summed E-state index contributed by atoms with van der Waals surface area (Å²) in [6, 6.07) is 2.22. The second-order valence-corrected chi connectivity index (χ2v) is 4.36. The third-order valence-corrected chi connectivity index (χ3v) is 2.95. The van der Waals surface area contributed by atoms with E-state index in [9.17, 15) is 0 Å². The predicted molar refractivity (Wildman–Crippen MR) is 63.3 cm³/mol. The second kappa shape index (κ2) is 4.62. The largest absolute Gasteiger partial charge is 0.369 e. The van der Waals surface area contributed by atoms with E-state index >= 15 is 0 Å². The Morgan fingerprint density at radius 2 is 2.00 bits per heavy atom. The van der Waals surface area contributed by atoms with Crippen molar-refractivity contribution in [2.24, 2.45) is 0 Å². The molecule has 0 N–H and O–H groups in total. The standard InChI is InChI=1S/C12H19N3/c1-11-8-12(10-13-9-11)15-5-3-4-14(2)6-7-15/h8-10H,3-7H2,1-2H3. The van der Waals surface area contributed by atoms with E-state index < -0.39 is 0 Å². The van der Waals surface area contributed by atoms with Crippen molar-refractivity contribution in [2.45, 2.75) is 13.3 Å². The normalized spacial score (nSPS) is 18.9. The molecule has 1 fully saturated rings. The maximum atomic E-state index is 4.25. The van der Waals surface area contributed by atoms with Gasteiger partial charge in [0, 0.05) is 25.8 Å². The number of likely N-dealkylation sites (N-methyl/N-ethyl adjacent to an activating group) is 1. The molecule has 0 aromatic carbocycles. The zero-order valence-electron chi connectivity index (χ0n) is 9.61. The van der Waals surface area contributed by atoms with Gasteiger partial charge in [0.25, 0.3) is 0 Å². The highest BCUT2D eigenvalue weighted by atomic mass is 15.2. The Kier molecular flexibility index (Phi) is 3.21. The van der Waals surface area contributed by atoms with Gasteiger partial charge in [-0.3, -0.25) is 4.98 Å². The van der Waals surface area contributed by atoms with Crippen molar-refractivity contribution in [3.8, 4) is 0 Å². The molecule has 1 aliphatic rings. The van der Waals surface area contributed by atoms with Crippen molar-refractivity contribution in [3.63, 3.8) is 0 Å². The summed E-state index contributed by atoms with van der Waals surface area (Å²) >= 11 is 0. The van der Waals surface area contributed by atoms with E-state index in [0.717, 1.165) is 19.6 Å². The van der Waals surface area contributed by atoms with Crippen molar-refractivity contribution >= 4 is 5.69 Å². The fourth-order valence-electron chi connectivity index (χ4n) is 2.02. The molecule has 1 aliphatic heterocycles. The zero-order chi connectivity index (χ0) is 10.7. The lowest BCUT2D eigenvalue weighted by atomic mass is 10.2. The highest BCUT2D eigenvalue weighted by Crippen LogP contribution is 2.15. The van der Waals surface area contributed by atoms with Gasteiger partial charge in [0.05, 0.1) is 11.9 Å². The average Bonchev–Trinajstić information content (AvgIpc) is 2.43. The lowest BCUT2D eigenvalue weighted by Crippen LogP contribution is -2.28. The van der Waals surface area contributed by atoms with E-state index in [4.69, 9.17) is 0 Å². The monoisotopic (exact) mass is 205 g/mol. The molecule has 3 heteroatoms. The molecule has 1 aromatic heterocycles. The van der Waals surface area contributed by atoms with Crippen molar-refractivity contribution < 1.29 is 0 Å². The van der Waals surface area contributed by atoms with Crippen LogP contribution < -0.4 is 4.90 Å². The molecule has 0 saturated carbocycles. The van der Waals surface area contributed by atoms with Crippen molar-refractivity contribution in [3.05, 3.63) is 24.0 Å². The van der Waals surface area contributed by atoms with Gasteiger partial charge in [0.15, 0.2) is 0 Å². The summed E-state index contributed by atoms with van der Waals surface area (Å²) in [6.07, 6.45) is 5.12. The Balaban J connectivity index is 2.09. The van der Waals surface area contributed by atoms with Gasteiger partial charge in [-0.15, -0.1) is 0 Å². The Hall–Kier alpha value is -1.09. The van der Waals surface area contributed by atoms with Crippen LogP contribution in [0.3, 0.4) is 0 Å².